The standard InChI is InChI=1S/C25H34N2O3/c1-18(2)22-10-7-20(4)15-24(22)30-17-25(28)26-16-23(27-11-13-29-14-12-27)21-8-5-19(3)6-9-21/h5-10,15,18,23H,11-14,16-17H2,1-4H3,(H,26,28)/t23-/m1/s1. The van der Waals surface area contributed by atoms with Gasteiger partial charge in [-0.1, -0.05) is 55.8 Å². The molecule has 0 spiro atoms. The predicted molar refractivity (Wildman–Crippen MR) is 120 cm³/mol. The summed E-state index contributed by atoms with van der Waals surface area (Å²) in [5.41, 5.74) is 4.70. The van der Waals surface area contributed by atoms with Gasteiger partial charge in [0.2, 0.25) is 0 Å². The number of morpholine rings is 1. The number of ether oxygens (including phenoxy) is 2. The van der Waals surface area contributed by atoms with Crippen LogP contribution in [0.4, 0.5) is 0 Å². The average Bonchev–Trinajstić information content (AvgIpc) is 2.74. The smallest absolute Gasteiger partial charge is 0.258 e. The minimum atomic E-state index is -0.100. The Morgan fingerprint density at radius 2 is 1.73 bits per heavy atom. The Morgan fingerprint density at radius 3 is 2.40 bits per heavy atom. The lowest BCUT2D eigenvalue weighted by molar-refractivity contribution is -0.123. The van der Waals surface area contributed by atoms with Crippen molar-refractivity contribution < 1.29 is 14.3 Å². The first kappa shape index (κ1) is 22.3. The Kier molecular flexibility index (Phi) is 7.88. The molecule has 1 N–H and O–H groups in total. The van der Waals surface area contributed by atoms with E-state index in [4.69, 9.17) is 9.47 Å². The number of nitrogens with one attached hydrogen (secondary N) is 1. The maximum absolute atomic E-state index is 12.6. The third-order valence-electron chi connectivity index (χ3n) is 5.59. The van der Waals surface area contributed by atoms with Crippen LogP contribution in [0.25, 0.3) is 0 Å². The zero-order chi connectivity index (χ0) is 21.5. The van der Waals surface area contributed by atoms with E-state index in [1.807, 2.05) is 13.0 Å². The molecule has 0 aromatic heterocycles. The van der Waals surface area contributed by atoms with Gasteiger partial charge in [-0.15, -0.1) is 0 Å². The van der Waals surface area contributed by atoms with E-state index >= 15 is 0 Å². The highest BCUT2D eigenvalue weighted by Crippen LogP contribution is 2.27. The first-order valence-corrected chi connectivity index (χ1v) is 10.8. The van der Waals surface area contributed by atoms with Gasteiger partial charge in [0.15, 0.2) is 6.61 Å². The highest BCUT2D eigenvalue weighted by molar-refractivity contribution is 5.77. The van der Waals surface area contributed by atoms with E-state index in [1.54, 1.807) is 0 Å². The van der Waals surface area contributed by atoms with Crippen molar-refractivity contribution in [2.75, 3.05) is 39.5 Å². The Morgan fingerprint density at radius 1 is 1.07 bits per heavy atom. The van der Waals surface area contributed by atoms with E-state index in [-0.39, 0.29) is 18.6 Å². The predicted octanol–water partition coefficient (Wildman–Crippen LogP) is 4.00. The molecule has 162 valence electrons. The molecule has 2 aromatic rings. The number of hydrogen-bond donors (Lipinski definition) is 1. The summed E-state index contributed by atoms with van der Waals surface area (Å²) in [6.07, 6.45) is 0. The molecule has 0 saturated carbocycles. The molecule has 1 fully saturated rings. The fourth-order valence-electron chi connectivity index (χ4n) is 3.78. The maximum Gasteiger partial charge on any atom is 0.258 e. The van der Waals surface area contributed by atoms with E-state index in [1.165, 1.54) is 11.1 Å². The molecule has 2 aromatic carbocycles. The van der Waals surface area contributed by atoms with Gasteiger partial charge in [0, 0.05) is 19.6 Å². The zero-order valence-corrected chi connectivity index (χ0v) is 18.6. The molecule has 1 aliphatic heterocycles. The molecular weight excluding hydrogens is 376 g/mol. The molecular formula is C25H34N2O3. The molecule has 1 amide bonds. The Bertz CT molecular complexity index is 827. The molecule has 0 bridgehead atoms. The number of amides is 1. The van der Waals surface area contributed by atoms with E-state index in [0.29, 0.717) is 12.5 Å². The van der Waals surface area contributed by atoms with Crippen LogP contribution >= 0.6 is 0 Å². The average molecular weight is 411 g/mol. The normalized spacial score (nSPS) is 15.8. The molecule has 0 unspecified atom stereocenters. The number of aryl methyl sites for hydroxylation is 2. The lowest BCUT2D eigenvalue weighted by Crippen LogP contribution is -2.44. The van der Waals surface area contributed by atoms with Crippen molar-refractivity contribution in [3.8, 4) is 5.75 Å². The highest BCUT2D eigenvalue weighted by atomic mass is 16.5. The quantitative estimate of drug-likeness (QED) is 0.715. The minimum absolute atomic E-state index is 0.0207. The summed E-state index contributed by atoms with van der Waals surface area (Å²) >= 11 is 0. The minimum Gasteiger partial charge on any atom is -0.483 e. The van der Waals surface area contributed by atoms with Crippen molar-refractivity contribution in [2.24, 2.45) is 0 Å². The van der Waals surface area contributed by atoms with Gasteiger partial charge in [0.25, 0.3) is 5.91 Å². The molecule has 5 nitrogen and oxygen atoms in total. The van der Waals surface area contributed by atoms with Gasteiger partial charge >= 0.3 is 0 Å². The topological polar surface area (TPSA) is 50.8 Å². The van der Waals surface area contributed by atoms with Gasteiger partial charge in [0.05, 0.1) is 19.3 Å². The van der Waals surface area contributed by atoms with Crippen LogP contribution < -0.4 is 10.1 Å². The Balaban J connectivity index is 1.62. The van der Waals surface area contributed by atoms with E-state index < -0.39 is 0 Å². The summed E-state index contributed by atoms with van der Waals surface area (Å²) in [5.74, 6) is 1.04. The third-order valence-corrected chi connectivity index (χ3v) is 5.59. The van der Waals surface area contributed by atoms with E-state index in [2.05, 4.69) is 67.4 Å². The van der Waals surface area contributed by atoms with Crippen LogP contribution in [0.2, 0.25) is 0 Å². The van der Waals surface area contributed by atoms with Crippen molar-refractivity contribution in [1.29, 1.82) is 0 Å². The van der Waals surface area contributed by atoms with Crippen LogP contribution in [0.15, 0.2) is 42.5 Å². The van der Waals surface area contributed by atoms with Gasteiger partial charge in [-0.05, 0) is 42.5 Å². The number of benzene rings is 2. The summed E-state index contributed by atoms with van der Waals surface area (Å²) in [5, 5.41) is 3.08. The van der Waals surface area contributed by atoms with E-state index in [0.717, 1.165) is 43.2 Å². The Hall–Kier alpha value is -2.37. The summed E-state index contributed by atoms with van der Waals surface area (Å²) in [4.78, 5) is 15.0. The van der Waals surface area contributed by atoms with Crippen LogP contribution in [-0.2, 0) is 9.53 Å². The second-order valence-corrected chi connectivity index (χ2v) is 8.36. The van der Waals surface area contributed by atoms with Crippen LogP contribution in [-0.4, -0.2) is 50.3 Å². The van der Waals surface area contributed by atoms with Crippen LogP contribution in [0, 0.1) is 13.8 Å². The molecule has 1 aliphatic rings. The molecule has 0 aliphatic carbocycles. The van der Waals surface area contributed by atoms with Crippen molar-refractivity contribution in [1.82, 2.24) is 10.2 Å². The molecule has 5 heteroatoms. The lowest BCUT2D eigenvalue weighted by atomic mass is 10.0. The van der Waals surface area contributed by atoms with Crippen molar-refractivity contribution in [2.45, 2.75) is 39.7 Å². The largest absolute Gasteiger partial charge is 0.483 e. The van der Waals surface area contributed by atoms with Crippen LogP contribution in [0.5, 0.6) is 5.75 Å². The maximum atomic E-state index is 12.6. The van der Waals surface area contributed by atoms with Crippen LogP contribution in [0.3, 0.4) is 0 Å². The second-order valence-electron chi connectivity index (χ2n) is 8.36. The summed E-state index contributed by atoms with van der Waals surface area (Å²) in [6.45, 7) is 12.1. The number of carbonyl (C=O) groups is 1. The number of carbonyl (C=O) groups excluding carboxylic acids is 1. The fourth-order valence-corrected chi connectivity index (χ4v) is 3.78. The van der Waals surface area contributed by atoms with Crippen molar-refractivity contribution in [3.05, 3.63) is 64.7 Å². The molecule has 3 rings (SSSR count). The van der Waals surface area contributed by atoms with Gasteiger partial charge in [-0.3, -0.25) is 9.69 Å². The summed E-state index contributed by atoms with van der Waals surface area (Å²) < 4.78 is 11.4. The highest BCUT2D eigenvalue weighted by Gasteiger charge is 2.23. The first-order chi connectivity index (χ1) is 14.4. The van der Waals surface area contributed by atoms with Gasteiger partial charge in [0.1, 0.15) is 5.75 Å². The van der Waals surface area contributed by atoms with Crippen molar-refractivity contribution in [3.63, 3.8) is 0 Å². The van der Waals surface area contributed by atoms with E-state index in [9.17, 15) is 4.79 Å². The number of nitrogens with zero attached hydrogens (tertiary/aromatic N) is 1. The van der Waals surface area contributed by atoms with Gasteiger partial charge < -0.3 is 14.8 Å². The summed E-state index contributed by atoms with van der Waals surface area (Å²) in [7, 11) is 0. The number of rotatable bonds is 8. The van der Waals surface area contributed by atoms with Crippen LogP contribution in [0.1, 0.15) is 48.1 Å². The third kappa shape index (κ3) is 6.07. The molecule has 1 saturated heterocycles. The number of hydrogen-bond acceptors (Lipinski definition) is 4. The molecule has 1 heterocycles. The fraction of sp³-hybridized carbons (Fsp3) is 0.480. The van der Waals surface area contributed by atoms with Gasteiger partial charge in [-0.25, -0.2) is 0 Å². The SMILES string of the molecule is Cc1ccc([C@@H](CNC(=O)COc2cc(C)ccc2C(C)C)N2CCOCC2)cc1. The molecule has 1 atom stereocenters. The second kappa shape index (κ2) is 10.6. The zero-order valence-electron chi connectivity index (χ0n) is 18.6. The summed E-state index contributed by atoms with van der Waals surface area (Å²) in [6, 6.07) is 14.8. The monoisotopic (exact) mass is 410 g/mol. The Labute approximate surface area is 180 Å². The molecule has 30 heavy (non-hydrogen) atoms. The molecule has 0 radical (unpaired) electrons. The van der Waals surface area contributed by atoms with Crippen molar-refractivity contribution >= 4 is 5.91 Å². The lowest BCUT2D eigenvalue weighted by Gasteiger charge is -2.35. The van der Waals surface area contributed by atoms with Gasteiger partial charge in [-0.2, -0.15) is 0 Å². The first-order valence-electron chi connectivity index (χ1n) is 10.8.